The molecular formula is C33H34FN5O3. The summed E-state index contributed by atoms with van der Waals surface area (Å²) in [4.78, 5) is 31.8. The van der Waals surface area contributed by atoms with Gasteiger partial charge in [0.2, 0.25) is 0 Å². The Morgan fingerprint density at radius 3 is 2.71 bits per heavy atom. The monoisotopic (exact) mass is 567 g/mol. The van der Waals surface area contributed by atoms with Gasteiger partial charge in [-0.05, 0) is 54.5 Å². The molecule has 8 nitrogen and oxygen atoms in total. The number of halogens is 1. The molecule has 1 atom stereocenters. The molecule has 9 heteroatoms. The molecular weight excluding hydrogens is 533 g/mol. The molecule has 0 radical (unpaired) electrons. The van der Waals surface area contributed by atoms with Crippen molar-refractivity contribution in [1.29, 1.82) is 0 Å². The van der Waals surface area contributed by atoms with Gasteiger partial charge in [-0.25, -0.2) is 4.39 Å². The molecule has 1 aromatic carbocycles. The fourth-order valence-electron chi connectivity index (χ4n) is 6.96. The molecule has 2 fully saturated rings. The maximum Gasteiger partial charge on any atom is 0.269 e. The van der Waals surface area contributed by atoms with Gasteiger partial charge in [0.05, 0.1) is 18.9 Å². The Labute approximate surface area is 243 Å². The van der Waals surface area contributed by atoms with Gasteiger partial charge in [-0.3, -0.25) is 19.7 Å². The van der Waals surface area contributed by atoms with Gasteiger partial charge in [0, 0.05) is 52.9 Å². The highest BCUT2D eigenvalue weighted by Gasteiger charge is 2.46. The molecule has 3 aromatic rings. The molecule has 1 amide bonds. The summed E-state index contributed by atoms with van der Waals surface area (Å²) in [6.45, 7) is 3.79. The molecule has 2 aromatic heterocycles. The largest absolute Gasteiger partial charge is 0.380 e. The van der Waals surface area contributed by atoms with Crippen LogP contribution in [0.5, 0.6) is 0 Å². The van der Waals surface area contributed by atoms with Crippen LogP contribution in [-0.2, 0) is 9.53 Å². The van der Waals surface area contributed by atoms with Crippen LogP contribution in [0.15, 0.2) is 59.9 Å². The van der Waals surface area contributed by atoms with Gasteiger partial charge in [-0.2, -0.15) is 5.10 Å². The lowest BCUT2D eigenvalue weighted by Gasteiger charge is -2.39. The van der Waals surface area contributed by atoms with Gasteiger partial charge in [0.1, 0.15) is 11.5 Å². The number of benzene rings is 1. The molecule has 1 unspecified atom stereocenters. The molecule has 2 aliphatic carbocycles. The van der Waals surface area contributed by atoms with E-state index in [0.717, 1.165) is 48.9 Å². The molecule has 3 N–H and O–H groups in total. The number of ether oxygens (including phenoxy) is 1. The molecule has 1 saturated carbocycles. The van der Waals surface area contributed by atoms with Crippen molar-refractivity contribution in [3.63, 3.8) is 0 Å². The lowest BCUT2D eigenvalue weighted by molar-refractivity contribution is -0.118. The van der Waals surface area contributed by atoms with Gasteiger partial charge in [0.25, 0.3) is 5.91 Å². The van der Waals surface area contributed by atoms with Crippen molar-refractivity contribution in [2.75, 3.05) is 25.1 Å². The highest BCUT2D eigenvalue weighted by molar-refractivity contribution is 6.03. The Kier molecular flexibility index (Phi) is 6.57. The zero-order valence-electron chi connectivity index (χ0n) is 23.6. The van der Waals surface area contributed by atoms with Crippen LogP contribution in [0.4, 0.5) is 10.2 Å². The van der Waals surface area contributed by atoms with Crippen LogP contribution in [0.3, 0.4) is 0 Å². The van der Waals surface area contributed by atoms with E-state index >= 15 is 0 Å². The summed E-state index contributed by atoms with van der Waals surface area (Å²) in [6, 6.07) is 10.2. The summed E-state index contributed by atoms with van der Waals surface area (Å²) < 4.78 is 19.1. The molecule has 1 saturated heterocycles. The maximum absolute atomic E-state index is 13.8. The number of amides is 1. The highest BCUT2D eigenvalue weighted by Crippen LogP contribution is 2.53. The predicted molar refractivity (Wildman–Crippen MR) is 157 cm³/mol. The number of allylic oxidation sites excluding steroid dienone is 3. The SMILES string of the molecule is CC1(CNC(=O)c2[nH]nc3c2C(/C=C/c2ccc(-c4cccc(F)c4)cn2)C2=C(CC4(CCCC4)CC2=O)N3)COC1. The Morgan fingerprint density at radius 1 is 1.17 bits per heavy atom. The highest BCUT2D eigenvalue weighted by atomic mass is 19.1. The van der Waals surface area contributed by atoms with Gasteiger partial charge < -0.3 is 15.4 Å². The molecule has 7 rings (SSSR count). The molecule has 0 bridgehead atoms. The minimum absolute atomic E-state index is 0.0137. The van der Waals surface area contributed by atoms with Crippen molar-refractivity contribution in [2.45, 2.75) is 51.4 Å². The zero-order valence-corrected chi connectivity index (χ0v) is 23.6. The molecule has 2 aliphatic heterocycles. The number of anilines is 1. The Hall–Kier alpha value is -4.11. The van der Waals surface area contributed by atoms with E-state index in [4.69, 9.17) is 4.74 Å². The van der Waals surface area contributed by atoms with E-state index in [1.54, 1.807) is 12.3 Å². The number of carbonyl (C=O) groups excluding carboxylic acids is 2. The van der Waals surface area contributed by atoms with Crippen LogP contribution in [0.25, 0.3) is 17.2 Å². The first kappa shape index (κ1) is 26.8. The van der Waals surface area contributed by atoms with Crippen LogP contribution in [0, 0.1) is 16.6 Å². The van der Waals surface area contributed by atoms with E-state index in [1.807, 2.05) is 30.4 Å². The van der Waals surface area contributed by atoms with Gasteiger partial charge in [-0.1, -0.05) is 44.0 Å². The van der Waals surface area contributed by atoms with Gasteiger partial charge >= 0.3 is 0 Å². The molecule has 1 spiro atoms. The Balaban J connectivity index is 1.22. The first-order valence-corrected chi connectivity index (χ1v) is 14.7. The van der Waals surface area contributed by atoms with Gasteiger partial charge in [0.15, 0.2) is 11.6 Å². The van der Waals surface area contributed by atoms with Crippen LogP contribution in [-0.4, -0.2) is 46.6 Å². The number of hydrogen-bond acceptors (Lipinski definition) is 6. The number of nitrogens with one attached hydrogen (secondary N) is 3. The number of aromatic nitrogens is 3. The topological polar surface area (TPSA) is 109 Å². The van der Waals surface area contributed by atoms with E-state index in [1.165, 1.54) is 12.1 Å². The molecule has 4 heterocycles. The van der Waals surface area contributed by atoms with Crippen molar-refractivity contribution >= 4 is 23.6 Å². The maximum atomic E-state index is 13.8. The fourth-order valence-corrected chi connectivity index (χ4v) is 6.96. The minimum Gasteiger partial charge on any atom is -0.380 e. The number of carbonyl (C=O) groups is 2. The number of rotatable bonds is 6. The first-order valence-electron chi connectivity index (χ1n) is 14.7. The van der Waals surface area contributed by atoms with Crippen LogP contribution in [0.1, 0.15) is 73.1 Å². The van der Waals surface area contributed by atoms with Crippen molar-refractivity contribution in [3.8, 4) is 11.1 Å². The van der Waals surface area contributed by atoms with Crippen molar-refractivity contribution in [3.05, 3.63) is 82.7 Å². The third-order valence-electron chi connectivity index (χ3n) is 9.28. The quantitative estimate of drug-likeness (QED) is 0.349. The van der Waals surface area contributed by atoms with E-state index in [9.17, 15) is 14.0 Å². The van der Waals surface area contributed by atoms with E-state index in [-0.39, 0.29) is 28.3 Å². The smallest absolute Gasteiger partial charge is 0.269 e. The fraction of sp³-hybridized carbons (Fsp3) is 0.394. The van der Waals surface area contributed by atoms with Crippen molar-refractivity contribution < 1.29 is 18.7 Å². The summed E-state index contributed by atoms with van der Waals surface area (Å²) in [5.74, 6) is -0.284. The Morgan fingerprint density at radius 2 is 2.00 bits per heavy atom. The second-order valence-corrected chi connectivity index (χ2v) is 12.7. The zero-order chi connectivity index (χ0) is 28.9. The van der Waals surface area contributed by atoms with E-state index in [2.05, 4.69) is 32.7 Å². The van der Waals surface area contributed by atoms with E-state index in [0.29, 0.717) is 54.5 Å². The van der Waals surface area contributed by atoms with Crippen molar-refractivity contribution in [1.82, 2.24) is 20.5 Å². The van der Waals surface area contributed by atoms with Crippen LogP contribution < -0.4 is 10.6 Å². The number of hydrogen-bond donors (Lipinski definition) is 3. The normalized spacial score (nSPS) is 22.0. The number of Topliss-reactive ketones (excluding diaryl/α,β-unsaturated/α-hetero) is 1. The number of ketones is 1. The summed E-state index contributed by atoms with van der Waals surface area (Å²) in [5.41, 5.74) is 4.84. The minimum atomic E-state index is -0.450. The first-order chi connectivity index (χ1) is 20.3. The second kappa shape index (κ2) is 10.3. The van der Waals surface area contributed by atoms with Crippen LogP contribution in [0.2, 0.25) is 0 Å². The standard InChI is InChI=1S/C33H34FN5O3/c1-32(18-42-19-32)17-36-31(41)29-28-24(10-9-23-8-7-21(16-35-23)20-5-4-6-22(34)13-20)27-25(37-30(28)39-38-29)14-33(15-26(27)40)11-2-3-12-33/h4-10,13,16,24H,2-3,11-12,14-15,17-19H2,1H3,(H,36,41)(H2,37,38,39)/b10-9+. The third-order valence-corrected chi connectivity index (χ3v) is 9.28. The third kappa shape index (κ3) is 4.85. The Bertz CT molecular complexity index is 1610. The summed E-state index contributed by atoms with van der Waals surface area (Å²) >= 11 is 0. The summed E-state index contributed by atoms with van der Waals surface area (Å²) in [7, 11) is 0. The number of aromatic amines is 1. The van der Waals surface area contributed by atoms with E-state index < -0.39 is 5.92 Å². The number of nitrogens with zero attached hydrogens (tertiary/aromatic N) is 2. The summed E-state index contributed by atoms with van der Waals surface area (Å²) in [6.07, 6.45) is 11.3. The lowest BCUT2D eigenvalue weighted by Crippen LogP contribution is -2.48. The lowest BCUT2D eigenvalue weighted by atomic mass is 9.67. The van der Waals surface area contributed by atoms with Gasteiger partial charge in [-0.15, -0.1) is 0 Å². The second-order valence-electron chi connectivity index (χ2n) is 12.7. The molecule has 216 valence electrons. The van der Waals surface area contributed by atoms with Crippen molar-refractivity contribution in [2.24, 2.45) is 10.8 Å². The predicted octanol–water partition coefficient (Wildman–Crippen LogP) is 5.78. The van der Waals surface area contributed by atoms with Crippen LogP contribution >= 0.6 is 0 Å². The number of H-pyrrole nitrogens is 1. The molecule has 42 heavy (non-hydrogen) atoms. The number of fused-ring (bicyclic) bond motifs is 1. The number of pyridine rings is 1. The average Bonchev–Trinajstić information content (AvgIpc) is 3.60. The average molecular weight is 568 g/mol. The molecule has 4 aliphatic rings. The summed E-state index contributed by atoms with van der Waals surface area (Å²) in [5, 5.41) is 13.9.